The van der Waals surface area contributed by atoms with Crippen molar-refractivity contribution in [2.75, 3.05) is 12.3 Å². The van der Waals surface area contributed by atoms with Crippen molar-refractivity contribution < 1.29 is 13.2 Å². The molecule has 0 aromatic heterocycles. The molecule has 0 aliphatic rings. The summed E-state index contributed by atoms with van der Waals surface area (Å²) >= 11 is 0. The molecule has 0 spiro atoms. The highest BCUT2D eigenvalue weighted by Gasteiger charge is 2.28. The number of carbonyl (C=O) groups excluding carboxylic acids is 1. The van der Waals surface area contributed by atoms with Crippen LogP contribution in [0.2, 0.25) is 0 Å². The molecular formula is C15H23NO3S. The van der Waals surface area contributed by atoms with Gasteiger partial charge in [-0.05, 0) is 32.8 Å². The Hall–Kier alpha value is -1.36. The molecule has 0 unspecified atom stereocenters. The predicted molar refractivity (Wildman–Crippen MR) is 81.3 cm³/mol. The molecule has 4 nitrogen and oxygen atoms in total. The number of aryl methyl sites for hydroxylation is 1. The van der Waals surface area contributed by atoms with Gasteiger partial charge in [0.1, 0.15) is 0 Å². The van der Waals surface area contributed by atoms with Crippen molar-refractivity contribution in [3.8, 4) is 0 Å². The Balaban J connectivity index is 2.31. The Morgan fingerprint density at radius 2 is 1.75 bits per heavy atom. The van der Waals surface area contributed by atoms with Crippen molar-refractivity contribution in [1.29, 1.82) is 0 Å². The number of rotatable bonds is 6. The van der Waals surface area contributed by atoms with E-state index in [-0.39, 0.29) is 18.2 Å². The predicted octanol–water partition coefficient (Wildman–Crippen LogP) is 1.95. The maximum atomic E-state index is 11.9. The van der Waals surface area contributed by atoms with Crippen LogP contribution in [0, 0.1) is 0 Å². The molecule has 0 bridgehead atoms. The van der Waals surface area contributed by atoms with Gasteiger partial charge in [-0.2, -0.15) is 0 Å². The first kappa shape index (κ1) is 16.7. The number of nitrogens with one attached hydrogen (secondary N) is 1. The van der Waals surface area contributed by atoms with Gasteiger partial charge in [0.2, 0.25) is 5.91 Å². The topological polar surface area (TPSA) is 63.2 Å². The second kappa shape index (κ2) is 6.88. The van der Waals surface area contributed by atoms with Gasteiger partial charge in [-0.3, -0.25) is 4.79 Å². The van der Waals surface area contributed by atoms with Gasteiger partial charge in [-0.15, -0.1) is 0 Å². The Morgan fingerprint density at radius 3 is 2.30 bits per heavy atom. The van der Waals surface area contributed by atoms with Crippen LogP contribution in [0.5, 0.6) is 0 Å². The lowest BCUT2D eigenvalue weighted by molar-refractivity contribution is -0.120. The van der Waals surface area contributed by atoms with Crippen LogP contribution >= 0.6 is 0 Å². The van der Waals surface area contributed by atoms with E-state index < -0.39 is 14.6 Å². The lowest BCUT2D eigenvalue weighted by Gasteiger charge is -2.19. The molecule has 0 fully saturated rings. The Bertz CT molecular complexity index is 530. The number of sulfone groups is 1. The van der Waals surface area contributed by atoms with Gasteiger partial charge in [0.05, 0.1) is 10.5 Å². The molecule has 0 aliphatic carbocycles. The summed E-state index contributed by atoms with van der Waals surface area (Å²) in [6, 6.07) is 9.74. The molecule has 1 aromatic rings. The monoisotopic (exact) mass is 297 g/mol. The molecule has 0 saturated heterocycles. The summed E-state index contributed by atoms with van der Waals surface area (Å²) in [5, 5.41) is 2.66. The second-order valence-corrected chi connectivity index (χ2v) is 8.63. The summed E-state index contributed by atoms with van der Waals surface area (Å²) in [7, 11) is -3.18. The summed E-state index contributed by atoms with van der Waals surface area (Å²) < 4.78 is 22.9. The zero-order chi connectivity index (χ0) is 15.2. The van der Waals surface area contributed by atoms with Crippen molar-refractivity contribution in [2.24, 2.45) is 0 Å². The fraction of sp³-hybridized carbons (Fsp3) is 0.533. The van der Waals surface area contributed by atoms with E-state index in [9.17, 15) is 13.2 Å². The smallest absolute Gasteiger partial charge is 0.220 e. The van der Waals surface area contributed by atoms with Crippen molar-refractivity contribution in [3.05, 3.63) is 35.9 Å². The zero-order valence-corrected chi connectivity index (χ0v) is 13.2. The third kappa shape index (κ3) is 5.33. The standard InChI is InChI=1S/C15H23NO3S/c1-15(2,3)20(18,19)12-11-16-14(17)10-9-13-7-5-4-6-8-13/h4-8H,9-12H2,1-3H3,(H,16,17). The molecule has 20 heavy (non-hydrogen) atoms. The molecule has 1 N–H and O–H groups in total. The lowest BCUT2D eigenvalue weighted by Crippen LogP contribution is -2.36. The Morgan fingerprint density at radius 1 is 1.15 bits per heavy atom. The zero-order valence-electron chi connectivity index (χ0n) is 12.3. The van der Waals surface area contributed by atoms with Crippen molar-refractivity contribution >= 4 is 15.7 Å². The van der Waals surface area contributed by atoms with E-state index in [1.54, 1.807) is 20.8 Å². The molecule has 1 aromatic carbocycles. The summed E-state index contributed by atoms with van der Waals surface area (Å²) in [6.07, 6.45) is 1.04. The molecule has 0 atom stereocenters. The minimum Gasteiger partial charge on any atom is -0.355 e. The Labute approximate surface area is 121 Å². The summed E-state index contributed by atoms with van der Waals surface area (Å²) in [6.45, 7) is 5.17. The van der Waals surface area contributed by atoms with Gasteiger partial charge in [0.15, 0.2) is 9.84 Å². The van der Waals surface area contributed by atoms with Crippen molar-refractivity contribution in [2.45, 2.75) is 38.4 Å². The van der Waals surface area contributed by atoms with Crippen LogP contribution < -0.4 is 5.32 Å². The summed E-state index contributed by atoms with van der Waals surface area (Å²) in [5.41, 5.74) is 1.10. The Kier molecular flexibility index (Phi) is 5.74. The summed E-state index contributed by atoms with van der Waals surface area (Å²) in [4.78, 5) is 11.6. The van der Waals surface area contributed by atoms with Crippen LogP contribution in [0.1, 0.15) is 32.8 Å². The number of amides is 1. The number of hydrogen-bond acceptors (Lipinski definition) is 3. The van der Waals surface area contributed by atoms with E-state index >= 15 is 0 Å². The number of benzene rings is 1. The highest BCUT2D eigenvalue weighted by Crippen LogP contribution is 2.15. The average molecular weight is 297 g/mol. The highest BCUT2D eigenvalue weighted by molar-refractivity contribution is 7.92. The molecule has 0 aliphatic heterocycles. The molecular weight excluding hydrogens is 274 g/mol. The number of hydrogen-bond donors (Lipinski definition) is 1. The van der Waals surface area contributed by atoms with Crippen LogP contribution in [0.15, 0.2) is 30.3 Å². The first-order valence-corrected chi connectivity index (χ1v) is 8.40. The van der Waals surface area contributed by atoms with Gasteiger partial charge in [0.25, 0.3) is 0 Å². The molecule has 0 heterocycles. The van der Waals surface area contributed by atoms with E-state index in [1.165, 1.54) is 0 Å². The molecule has 112 valence electrons. The third-order valence-electron chi connectivity index (χ3n) is 3.11. The molecule has 1 amide bonds. The minimum absolute atomic E-state index is 0.0203. The molecule has 0 saturated carbocycles. The third-order valence-corrected chi connectivity index (χ3v) is 5.72. The van der Waals surface area contributed by atoms with E-state index in [0.29, 0.717) is 12.8 Å². The number of carbonyl (C=O) groups is 1. The van der Waals surface area contributed by atoms with Gasteiger partial charge in [-0.25, -0.2) is 8.42 Å². The molecule has 1 rings (SSSR count). The van der Waals surface area contributed by atoms with Crippen LogP contribution in [0.4, 0.5) is 0 Å². The maximum absolute atomic E-state index is 11.9. The minimum atomic E-state index is -3.18. The van der Waals surface area contributed by atoms with Crippen LogP contribution in [0.3, 0.4) is 0 Å². The lowest BCUT2D eigenvalue weighted by atomic mass is 10.1. The highest BCUT2D eigenvalue weighted by atomic mass is 32.2. The van der Waals surface area contributed by atoms with Crippen molar-refractivity contribution in [3.63, 3.8) is 0 Å². The first-order chi connectivity index (χ1) is 9.22. The quantitative estimate of drug-likeness (QED) is 0.873. The fourth-order valence-electron chi connectivity index (χ4n) is 1.62. The first-order valence-electron chi connectivity index (χ1n) is 6.75. The molecule has 5 heteroatoms. The largest absolute Gasteiger partial charge is 0.355 e. The van der Waals surface area contributed by atoms with Gasteiger partial charge in [-0.1, -0.05) is 30.3 Å². The van der Waals surface area contributed by atoms with E-state index in [4.69, 9.17) is 0 Å². The van der Waals surface area contributed by atoms with E-state index in [2.05, 4.69) is 5.32 Å². The second-order valence-electron chi connectivity index (χ2n) is 5.77. The van der Waals surface area contributed by atoms with E-state index in [0.717, 1.165) is 5.56 Å². The van der Waals surface area contributed by atoms with E-state index in [1.807, 2.05) is 30.3 Å². The normalized spacial score (nSPS) is 12.2. The van der Waals surface area contributed by atoms with Crippen LogP contribution in [-0.4, -0.2) is 31.4 Å². The van der Waals surface area contributed by atoms with Crippen LogP contribution in [0.25, 0.3) is 0 Å². The summed E-state index contributed by atoms with van der Waals surface area (Å²) in [5.74, 6) is -0.133. The van der Waals surface area contributed by atoms with Gasteiger partial charge >= 0.3 is 0 Å². The maximum Gasteiger partial charge on any atom is 0.220 e. The van der Waals surface area contributed by atoms with Crippen LogP contribution in [-0.2, 0) is 21.1 Å². The SMILES string of the molecule is CC(C)(C)S(=O)(=O)CCNC(=O)CCc1ccccc1. The van der Waals surface area contributed by atoms with Gasteiger partial charge < -0.3 is 5.32 Å². The fourth-order valence-corrected chi connectivity index (χ4v) is 2.61. The average Bonchev–Trinajstić information content (AvgIpc) is 2.36. The van der Waals surface area contributed by atoms with Crippen molar-refractivity contribution in [1.82, 2.24) is 5.32 Å². The van der Waals surface area contributed by atoms with Gasteiger partial charge in [0, 0.05) is 13.0 Å². The molecule has 0 radical (unpaired) electrons.